The van der Waals surface area contributed by atoms with Gasteiger partial charge in [0.05, 0.1) is 18.4 Å². The lowest BCUT2D eigenvalue weighted by molar-refractivity contribution is -0.929. The van der Waals surface area contributed by atoms with E-state index in [0.717, 1.165) is 23.5 Å². The van der Waals surface area contributed by atoms with Crippen molar-refractivity contribution >= 4 is 29.1 Å². The average Bonchev–Trinajstić information content (AvgIpc) is 2.89. The number of piperazine rings is 1. The number of hydrogen-bond donors (Lipinski definition) is 2. The van der Waals surface area contributed by atoms with Crippen molar-refractivity contribution in [3.05, 3.63) is 83.9 Å². The molecule has 2 amide bonds. The number of carboxylic acid groups (broad SMARTS) is 1. The minimum atomic E-state index is -0.764. The Balaban J connectivity index is 1.36. The zero-order valence-electron chi connectivity index (χ0n) is 23.2. The molecule has 4 rings (SSSR count). The number of anilines is 3. The molecule has 1 saturated heterocycles. The summed E-state index contributed by atoms with van der Waals surface area (Å²) >= 11 is 0. The summed E-state index contributed by atoms with van der Waals surface area (Å²) in [6.45, 7) is 10.7. The molecule has 1 fully saturated rings. The van der Waals surface area contributed by atoms with Crippen LogP contribution in [0.2, 0.25) is 0 Å². The van der Waals surface area contributed by atoms with Crippen LogP contribution in [-0.2, 0) is 6.54 Å². The molecule has 2 aromatic carbocycles. The van der Waals surface area contributed by atoms with Crippen LogP contribution < -0.4 is 10.2 Å². The Morgan fingerprint density at radius 1 is 1.08 bits per heavy atom. The summed E-state index contributed by atoms with van der Waals surface area (Å²) in [6.07, 6.45) is 0.810. The maximum absolute atomic E-state index is 13.1. The number of pyridine rings is 1. The highest BCUT2D eigenvalue weighted by Crippen LogP contribution is 2.33. The standard InChI is InChI=1S/C30H36FN5O3/c1-21-19-35(16-17-36(21,29(38)39)30(2,3)4)20-22-6-13-26(14-7-22)34(5)28(37)27-15-12-25(18-32-27)33-24-10-8-23(31)9-11-24/h6-15,18,21H,16-17,19-20H2,1-5H3,(H-,33,37,38,39)/p+1/t21-,36?/m0/s1. The third-order valence-electron chi connectivity index (χ3n) is 7.73. The number of carbonyl (C=O) groups is 2. The minimum Gasteiger partial charge on any atom is -0.435 e. The van der Waals surface area contributed by atoms with Crippen LogP contribution in [0.15, 0.2) is 66.9 Å². The third kappa shape index (κ3) is 5.94. The van der Waals surface area contributed by atoms with Gasteiger partial charge in [0.25, 0.3) is 5.91 Å². The fourth-order valence-electron chi connectivity index (χ4n) is 5.50. The van der Waals surface area contributed by atoms with Crippen molar-refractivity contribution in [2.24, 2.45) is 0 Å². The van der Waals surface area contributed by atoms with Crippen molar-refractivity contribution in [2.75, 3.05) is 36.9 Å². The second-order valence-corrected chi connectivity index (χ2v) is 11.2. The number of benzene rings is 2. The molecule has 206 valence electrons. The van der Waals surface area contributed by atoms with E-state index in [4.69, 9.17) is 0 Å². The zero-order chi connectivity index (χ0) is 28.4. The summed E-state index contributed by atoms with van der Waals surface area (Å²) in [5.74, 6) is -0.537. The third-order valence-corrected chi connectivity index (χ3v) is 7.73. The van der Waals surface area contributed by atoms with Crippen LogP contribution in [0.5, 0.6) is 0 Å². The molecule has 2 N–H and O–H groups in total. The van der Waals surface area contributed by atoms with E-state index in [-0.39, 0.29) is 27.8 Å². The second-order valence-electron chi connectivity index (χ2n) is 11.2. The predicted molar refractivity (Wildman–Crippen MR) is 151 cm³/mol. The van der Waals surface area contributed by atoms with Gasteiger partial charge in [-0.2, -0.15) is 4.79 Å². The molecule has 8 nitrogen and oxygen atoms in total. The van der Waals surface area contributed by atoms with E-state index in [0.29, 0.717) is 31.0 Å². The van der Waals surface area contributed by atoms with Gasteiger partial charge in [0.15, 0.2) is 0 Å². The van der Waals surface area contributed by atoms with Crippen LogP contribution in [-0.4, -0.2) is 69.7 Å². The highest BCUT2D eigenvalue weighted by atomic mass is 19.1. The predicted octanol–water partition coefficient (Wildman–Crippen LogP) is 5.74. The fourth-order valence-corrected chi connectivity index (χ4v) is 5.50. The first-order chi connectivity index (χ1) is 18.4. The molecule has 1 aliphatic rings. The number of nitrogens with zero attached hydrogens (tertiary/aromatic N) is 4. The largest absolute Gasteiger partial charge is 0.514 e. The Kier molecular flexibility index (Phi) is 8.04. The lowest BCUT2D eigenvalue weighted by Gasteiger charge is -2.52. The Labute approximate surface area is 229 Å². The summed E-state index contributed by atoms with van der Waals surface area (Å²) in [5, 5.41) is 13.2. The molecule has 0 bridgehead atoms. The van der Waals surface area contributed by atoms with Gasteiger partial charge in [0.1, 0.15) is 29.6 Å². The number of rotatable bonds is 6. The molecule has 0 aliphatic carbocycles. The van der Waals surface area contributed by atoms with Gasteiger partial charge in [-0.15, -0.1) is 0 Å². The van der Waals surface area contributed by atoms with Gasteiger partial charge in [0, 0.05) is 31.5 Å². The Hall–Kier alpha value is -3.82. The van der Waals surface area contributed by atoms with Gasteiger partial charge in [-0.1, -0.05) is 12.1 Å². The summed E-state index contributed by atoms with van der Waals surface area (Å²) in [7, 11) is 1.71. The van der Waals surface area contributed by atoms with Crippen LogP contribution >= 0.6 is 0 Å². The van der Waals surface area contributed by atoms with Gasteiger partial charge in [-0.25, -0.2) is 13.9 Å². The molecule has 1 aliphatic heterocycles. The summed E-state index contributed by atoms with van der Waals surface area (Å²) < 4.78 is 13.2. The average molecular weight is 535 g/mol. The van der Waals surface area contributed by atoms with Gasteiger partial charge in [-0.3, -0.25) is 9.69 Å². The number of amides is 2. The maximum Gasteiger partial charge on any atom is 0.514 e. The van der Waals surface area contributed by atoms with Crippen molar-refractivity contribution in [1.29, 1.82) is 0 Å². The zero-order valence-corrected chi connectivity index (χ0v) is 23.2. The molecule has 1 unspecified atom stereocenters. The Morgan fingerprint density at radius 2 is 1.72 bits per heavy atom. The number of halogens is 1. The van der Waals surface area contributed by atoms with E-state index in [2.05, 4.69) is 15.2 Å². The molecule has 2 atom stereocenters. The van der Waals surface area contributed by atoms with Crippen molar-refractivity contribution in [1.82, 2.24) is 9.88 Å². The summed E-state index contributed by atoms with van der Waals surface area (Å²) in [5.41, 5.74) is 3.20. The SMILES string of the molecule is C[C@H]1CN(Cc2ccc(N(C)C(=O)c3ccc(Nc4ccc(F)cc4)cn3)cc2)CC[N+]1(C(=O)O)C(C)(C)C. The summed E-state index contributed by atoms with van der Waals surface area (Å²) in [4.78, 5) is 33.5. The van der Waals surface area contributed by atoms with Crippen LogP contribution in [0, 0.1) is 5.82 Å². The number of hydrogen-bond acceptors (Lipinski definition) is 5. The first-order valence-electron chi connectivity index (χ1n) is 13.1. The molecule has 1 aromatic heterocycles. The Morgan fingerprint density at radius 3 is 2.26 bits per heavy atom. The van der Waals surface area contributed by atoms with Crippen molar-refractivity contribution in [3.63, 3.8) is 0 Å². The minimum absolute atomic E-state index is 0.0379. The number of nitrogens with one attached hydrogen (secondary N) is 1. The van der Waals surface area contributed by atoms with Crippen molar-refractivity contribution < 1.29 is 23.6 Å². The number of carbonyl (C=O) groups excluding carboxylic acids is 1. The first-order valence-corrected chi connectivity index (χ1v) is 13.1. The van der Waals surface area contributed by atoms with Gasteiger partial charge in [-0.05, 0) is 81.8 Å². The van der Waals surface area contributed by atoms with E-state index in [1.807, 2.05) is 52.0 Å². The number of aromatic nitrogens is 1. The fraction of sp³-hybridized carbons (Fsp3) is 0.367. The van der Waals surface area contributed by atoms with Crippen LogP contribution in [0.4, 0.5) is 26.2 Å². The highest BCUT2D eigenvalue weighted by Gasteiger charge is 2.54. The normalized spacial score (nSPS) is 19.9. The lowest BCUT2D eigenvalue weighted by Crippen LogP contribution is -2.73. The molecule has 0 saturated carbocycles. The van der Waals surface area contributed by atoms with Crippen LogP contribution in [0.25, 0.3) is 0 Å². The van der Waals surface area contributed by atoms with Gasteiger partial charge >= 0.3 is 6.09 Å². The molecule has 0 radical (unpaired) electrons. The van der Waals surface area contributed by atoms with Gasteiger partial charge in [0.2, 0.25) is 0 Å². The van der Waals surface area contributed by atoms with E-state index in [1.165, 1.54) is 12.1 Å². The molecule has 3 aromatic rings. The molecule has 0 spiro atoms. The second kappa shape index (κ2) is 11.1. The van der Waals surface area contributed by atoms with Crippen molar-refractivity contribution in [2.45, 2.75) is 45.8 Å². The smallest absolute Gasteiger partial charge is 0.435 e. The topological polar surface area (TPSA) is 85.8 Å². The Bertz CT molecular complexity index is 1310. The quantitative estimate of drug-likeness (QED) is 0.393. The molecular formula is C30H37FN5O3+. The number of quaternary nitrogens is 1. The maximum atomic E-state index is 13.1. The van der Waals surface area contributed by atoms with Crippen molar-refractivity contribution in [3.8, 4) is 0 Å². The summed E-state index contributed by atoms with van der Waals surface area (Å²) in [6, 6.07) is 17.2. The monoisotopic (exact) mass is 534 g/mol. The van der Waals surface area contributed by atoms with Crippen LogP contribution in [0.1, 0.15) is 43.7 Å². The van der Waals surface area contributed by atoms with Crippen LogP contribution in [0.3, 0.4) is 0 Å². The molecule has 9 heteroatoms. The first kappa shape index (κ1) is 28.2. The molecule has 39 heavy (non-hydrogen) atoms. The molecule has 2 heterocycles. The van der Waals surface area contributed by atoms with E-state index < -0.39 is 6.09 Å². The van der Waals surface area contributed by atoms with Gasteiger partial charge < -0.3 is 15.3 Å². The van der Waals surface area contributed by atoms with E-state index in [1.54, 1.807) is 42.4 Å². The van der Waals surface area contributed by atoms with E-state index >= 15 is 0 Å². The van der Waals surface area contributed by atoms with E-state index in [9.17, 15) is 19.1 Å². The molecular weight excluding hydrogens is 497 g/mol. The lowest BCUT2D eigenvalue weighted by atomic mass is 9.95. The highest BCUT2D eigenvalue weighted by molar-refractivity contribution is 6.04.